The molecule has 0 bridgehead atoms. The number of aryl methyl sites for hydroxylation is 1. The Labute approximate surface area is 196 Å². The van der Waals surface area contributed by atoms with Crippen LogP contribution in [-0.2, 0) is 19.1 Å². The van der Waals surface area contributed by atoms with Gasteiger partial charge in [0.05, 0.1) is 36.7 Å². The number of hydrogen-bond acceptors (Lipinski definition) is 8. The molecule has 4 rings (SSSR count). The van der Waals surface area contributed by atoms with Crippen molar-refractivity contribution in [3.05, 3.63) is 76.0 Å². The second kappa shape index (κ2) is 9.07. The molecule has 0 unspecified atom stereocenters. The van der Waals surface area contributed by atoms with Crippen LogP contribution in [0.1, 0.15) is 31.0 Å². The number of aliphatic imine (C=N–C) groups is 1. The van der Waals surface area contributed by atoms with Crippen molar-refractivity contribution in [1.82, 2.24) is 4.90 Å². The number of carbonyl (C=O) groups excluding carboxylic acids is 2. The Hall–Kier alpha value is -3.65. The third kappa shape index (κ3) is 4.09. The summed E-state index contributed by atoms with van der Waals surface area (Å²) in [6.45, 7) is 5.59. The number of carbonyl (C=O) groups is 2. The number of benzene rings is 2. The van der Waals surface area contributed by atoms with E-state index in [9.17, 15) is 9.59 Å². The predicted molar refractivity (Wildman–Crippen MR) is 126 cm³/mol. The van der Waals surface area contributed by atoms with Crippen LogP contribution in [0.2, 0.25) is 5.02 Å². The molecule has 0 spiro atoms. The third-order valence-corrected chi connectivity index (χ3v) is 5.56. The van der Waals surface area contributed by atoms with E-state index in [1.54, 1.807) is 43.0 Å². The lowest BCUT2D eigenvalue weighted by molar-refractivity contribution is -0.138. The van der Waals surface area contributed by atoms with Crippen molar-refractivity contribution < 1.29 is 19.1 Å². The van der Waals surface area contributed by atoms with E-state index in [1.165, 1.54) is 12.1 Å². The molecule has 2 heterocycles. The number of allylic oxidation sites excluding steroid dienone is 1. The molecule has 0 aromatic heterocycles. The largest absolute Gasteiger partial charge is 0.466 e. The second-order valence-corrected chi connectivity index (χ2v) is 7.96. The van der Waals surface area contributed by atoms with E-state index in [1.807, 2.05) is 31.2 Å². The second-order valence-electron chi connectivity index (χ2n) is 7.52. The molecule has 2 aliphatic heterocycles. The highest BCUT2D eigenvalue weighted by molar-refractivity contribution is 6.41. The van der Waals surface area contributed by atoms with Crippen LogP contribution < -0.4 is 5.01 Å². The lowest BCUT2D eigenvalue weighted by atomic mass is 9.93. The first-order valence-electron chi connectivity index (χ1n) is 10.4. The van der Waals surface area contributed by atoms with E-state index in [2.05, 4.69) is 10.1 Å². The van der Waals surface area contributed by atoms with Crippen molar-refractivity contribution >= 4 is 41.0 Å². The quantitative estimate of drug-likeness (QED) is 0.614. The maximum atomic E-state index is 13.0. The van der Waals surface area contributed by atoms with Gasteiger partial charge in [-0.3, -0.25) is 4.90 Å². The maximum absolute atomic E-state index is 13.0. The van der Waals surface area contributed by atoms with Crippen molar-refractivity contribution in [1.29, 1.82) is 0 Å². The number of rotatable bonds is 5. The van der Waals surface area contributed by atoms with Crippen LogP contribution in [-0.4, -0.2) is 42.4 Å². The summed E-state index contributed by atoms with van der Waals surface area (Å²) in [5, 5.41) is 6.57. The molecule has 0 fully saturated rings. The van der Waals surface area contributed by atoms with E-state index in [0.717, 1.165) is 11.1 Å². The molecule has 2 aliphatic rings. The summed E-state index contributed by atoms with van der Waals surface area (Å²) < 4.78 is 10.4. The standard InChI is InChI=1S/C24H23ClN4O4/c1-5-33-23(31)21-27-29(18-8-6-7-17(25)13-18)24-26-15(3)19(22(30)32-4)20(28(21)24)16-11-9-14(2)10-12-16/h6-13,20H,5H2,1-4H3/t20-/m0/s1. The highest BCUT2D eigenvalue weighted by Crippen LogP contribution is 2.40. The molecule has 0 aliphatic carbocycles. The number of esters is 2. The first kappa shape index (κ1) is 22.5. The summed E-state index contributed by atoms with van der Waals surface area (Å²) in [6, 6.07) is 14.0. The lowest BCUT2D eigenvalue weighted by Crippen LogP contribution is -2.47. The van der Waals surface area contributed by atoms with Gasteiger partial charge in [-0.1, -0.05) is 47.5 Å². The fourth-order valence-electron chi connectivity index (χ4n) is 3.81. The number of nitrogens with zero attached hydrogens (tertiary/aromatic N) is 4. The smallest absolute Gasteiger partial charge is 0.376 e. The van der Waals surface area contributed by atoms with Crippen molar-refractivity contribution in [3.63, 3.8) is 0 Å². The molecule has 2 aromatic carbocycles. The molecule has 9 heteroatoms. The zero-order chi connectivity index (χ0) is 23.7. The molecule has 0 saturated carbocycles. The number of ether oxygens (including phenoxy) is 2. The Morgan fingerprint density at radius 2 is 1.82 bits per heavy atom. The summed E-state index contributed by atoms with van der Waals surface area (Å²) in [5.41, 5.74) is 3.23. The van der Waals surface area contributed by atoms with E-state index >= 15 is 0 Å². The van der Waals surface area contributed by atoms with E-state index < -0.39 is 18.0 Å². The lowest BCUT2D eigenvalue weighted by Gasteiger charge is -2.35. The van der Waals surface area contributed by atoms with Crippen LogP contribution in [0.5, 0.6) is 0 Å². The number of fused-ring (bicyclic) bond motifs is 1. The number of hydrazone groups is 1. The van der Waals surface area contributed by atoms with Gasteiger partial charge in [0.25, 0.3) is 0 Å². The Kier molecular flexibility index (Phi) is 6.20. The van der Waals surface area contributed by atoms with Crippen LogP contribution in [0, 0.1) is 6.92 Å². The van der Waals surface area contributed by atoms with Crippen molar-refractivity contribution in [2.75, 3.05) is 18.7 Å². The van der Waals surface area contributed by atoms with Gasteiger partial charge in [0.2, 0.25) is 11.8 Å². The zero-order valence-electron chi connectivity index (χ0n) is 18.7. The van der Waals surface area contributed by atoms with Gasteiger partial charge in [-0.05, 0) is 44.5 Å². The summed E-state index contributed by atoms with van der Waals surface area (Å²) in [6.07, 6.45) is 0. The molecule has 2 aromatic rings. The van der Waals surface area contributed by atoms with Gasteiger partial charge in [-0.25, -0.2) is 14.6 Å². The molecule has 8 nitrogen and oxygen atoms in total. The van der Waals surface area contributed by atoms with Crippen LogP contribution in [0.4, 0.5) is 5.69 Å². The molecular weight excluding hydrogens is 444 g/mol. The molecule has 33 heavy (non-hydrogen) atoms. The van der Waals surface area contributed by atoms with Gasteiger partial charge in [-0.15, -0.1) is 5.10 Å². The fraction of sp³-hybridized carbons (Fsp3) is 0.250. The molecule has 170 valence electrons. The van der Waals surface area contributed by atoms with Gasteiger partial charge in [-0.2, -0.15) is 5.01 Å². The number of anilines is 1. The average molecular weight is 467 g/mol. The molecule has 1 atom stereocenters. The first-order valence-corrected chi connectivity index (χ1v) is 10.8. The Morgan fingerprint density at radius 1 is 1.09 bits per heavy atom. The molecule has 0 saturated heterocycles. The average Bonchev–Trinajstić information content (AvgIpc) is 3.17. The monoisotopic (exact) mass is 466 g/mol. The van der Waals surface area contributed by atoms with Gasteiger partial charge in [0.15, 0.2) is 0 Å². The highest BCUT2D eigenvalue weighted by Gasteiger charge is 2.47. The topological polar surface area (TPSA) is 83.8 Å². The summed E-state index contributed by atoms with van der Waals surface area (Å²) in [5.74, 6) is -0.799. The molecule has 0 amide bonds. The first-order chi connectivity index (χ1) is 15.8. The van der Waals surface area contributed by atoms with Gasteiger partial charge in [0.1, 0.15) is 0 Å². The normalized spacial score (nSPS) is 17.4. The number of guanidine groups is 1. The Morgan fingerprint density at radius 3 is 2.45 bits per heavy atom. The van der Waals surface area contributed by atoms with Crippen LogP contribution in [0.3, 0.4) is 0 Å². The summed E-state index contributed by atoms with van der Waals surface area (Å²) in [7, 11) is 1.32. The highest BCUT2D eigenvalue weighted by atomic mass is 35.5. The molecule has 0 radical (unpaired) electrons. The number of amidine groups is 1. The van der Waals surface area contributed by atoms with Crippen molar-refractivity contribution in [3.8, 4) is 0 Å². The van der Waals surface area contributed by atoms with Gasteiger partial charge < -0.3 is 9.47 Å². The Bertz CT molecular complexity index is 1200. The van der Waals surface area contributed by atoms with E-state index in [-0.39, 0.29) is 12.4 Å². The Balaban J connectivity index is 1.94. The minimum absolute atomic E-state index is 0.00931. The molecular formula is C24H23ClN4O4. The minimum Gasteiger partial charge on any atom is -0.466 e. The molecule has 0 N–H and O–H groups in total. The van der Waals surface area contributed by atoms with Crippen LogP contribution >= 0.6 is 11.6 Å². The van der Waals surface area contributed by atoms with Gasteiger partial charge >= 0.3 is 11.9 Å². The maximum Gasteiger partial charge on any atom is 0.376 e. The fourth-order valence-corrected chi connectivity index (χ4v) is 3.99. The van der Waals surface area contributed by atoms with Crippen LogP contribution in [0.15, 0.2) is 69.9 Å². The SMILES string of the molecule is CCOC(=O)C1=NN(c2cccc(Cl)c2)C2=NC(C)=C(C(=O)OC)[C@H](c3ccc(C)cc3)N12. The van der Waals surface area contributed by atoms with Gasteiger partial charge in [0, 0.05) is 5.02 Å². The number of hydrogen-bond donors (Lipinski definition) is 0. The van der Waals surface area contributed by atoms with E-state index in [0.29, 0.717) is 27.9 Å². The van der Waals surface area contributed by atoms with E-state index in [4.69, 9.17) is 21.1 Å². The summed E-state index contributed by atoms with van der Waals surface area (Å²) >= 11 is 6.21. The van der Waals surface area contributed by atoms with Crippen molar-refractivity contribution in [2.24, 2.45) is 10.1 Å². The van der Waals surface area contributed by atoms with Crippen molar-refractivity contribution in [2.45, 2.75) is 26.8 Å². The number of methoxy groups -OCH3 is 1. The minimum atomic E-state index is -0.696. The van der Waals surface area contributed by atoms with Crippen LogP contribution in [0.25, 0.3) is 0 Å². The third-order valence-electron chi connectivity index (χ3n) is 5.33. The summed E-state index contributed by atoms with van der Waals surface area (Å²) in [4.78, 5) is 32.1. The zero-order valence-corrected chi connectivity index (χ0v) is 19.5. The number of halogens is 1. The predicted octanol–water partition coefficient (Wildman–Crippen LogP) is 4.20.